The quantitative estimate of drug-likeness (QED) is 0.811. The van der Waals surface area contributed by atoms with Crippen LogP contribution in [0.2, 0.25) is 0 Å². The molecule has 4 nitrogen and oxygen atoms in total. The summed E-state index contributed by atoms with van der Waals surface area (Å²) < 4.78 is 4.03. The zero-order chi connectivity index (χ0) is 14.8. The Bertz CT molecular complexity index is 655. The Morgan fingerprint density at radius 1 is 1.33 bits per heavy atom. The Kier molecular flexibility index (Phi) is 4.45. The number of benzene rings is 1. The summed E-state index contributed by atoms with van der Waals surface area (Å²) in [5.41, 5.74) is 1.26. The lowest BCUT2D eigenvalue weighted by atomic mass is 10.2. The van der Waals surface area contributed by atoms with E-state index in [2.05, 4.69) is 66.9 Å². The van der Waals surface area contributed by atoms with E-state index in [-0.39, 0.29) is 0 Å². The van der Waals surface area contributed by atoms with Crippen LogP contribution in [-0.2, 0) is 6.54 Å². The second-order valence-electron chi connectivity index (χ2n) is 5.62. The smallest absolute Gasteiger partial charge is 0.226 e. The number of nitrogens with one attached hydrogen (secondary N) is 1. The first-order valence-electron chi connectivity index (χ1n) is 7.27. The molecule has 6 heteroatoms. The van der Waals surface area contributed by atoms with E-state index in [1.807, 2.05) is 0 Å². The van der Waals surface area contributed by atoms with Crippen molar-refractivity contribution in [2.24, 2.45) is 0 Å². The van der Waals surface area contributed by atoms with Gasteiger partial charge in [-0.2, -0.15) is 0 Å². The third-order valence-electron chi connectivity index (χ3n) is 4.05. The van der Waals surface area contributed by atoms with E-state index in [1.165, 1.54) is 31.2 Å². The summed E-state index contributed by atoms with van der Waals surface area (Å²) in [6, 6.07) is 8.89. The number of hydrogen-bond donors (Lipinski definition) is 1. The Labute approximate surface area is 138 Å². The van der Waals surface area contributed by atoms with Crippen molar-refractivity contribution in [2.45, 2.75) is 38.3 Å². The summed E-state index contributed by atoms with van der Waals surface area (Å²) in [4.78, 5) is 2.16. The molecule has 2 aromatic rings. The molecule has 3 rings (SSSR count). The fraction of sp³-hybridized carbons (Fsp3) is 0.467. The maximum Gasteiger partial charge on any atom is 0.226 e. The first-order chi connectivity index (χ1) is 10.1. The predicted molar refractivity (Wildman–Crippen MR) is 91.2 cm³/mol. The predicted octanol–water partition coefficient (Wildman–Crippen LogP) is 4.45. The van der Waals surface area contributed by atoms with Crippen molar-refractivity contribution in [3.05, 3.63) is 39.1 Å². The van der Waals surface area contributed by atoms with E-state index >= 15 is 0 Å². The highest BCUT2D eigenvalue weighted by Gasteiger charge is 2.22. The molecule has 1 aliphatic rings. The van der Waals surface area contributed by atoms with E-state index in [9.17, 15) is 0 Å². The molecule has 0 aliphatic heterocycles. The molecule has 0 radical (unpaired) electrons. The fourth-order valence-corrected chi connectivity index (χ4v) is 3.53. The van der Waals surface area contributed by atoms with E-state index in [4.69, 9.17) is 12.2 Å². The highest BCUT2D eigenvalue weighted by Crippen LogP contribution is 2.32. The second kappa shape index (κ2) is 6.32. The van der Waals surface area contributed by atoms with Crippen LogP contribution in [0.3, 0.4) is 0 Å². The van der Waals surface area contributed by atoms with Gasteiger partial charge in [0.1, 0.15) is 0 Å². The number of rotatable bonds is 4. The van der Waals surface area contributed by atoms with Crippen molar-refractivity contribution in [2.75, 3.05) is 11.9 Å². The highest BCUT2D eigenvalue weighted by molar-refractivity contribution is 9.10. The number of aromatic nitrogens is 3. The van der Waals surface area contributed by atoms with Crippen LogP contribution in [0.4, 0.5) is 5.95 Å². The van der Waals surface area contributed by atoms with Gasteiger partial charge < -0.3 is 4.90 Å². The third-order valence-corrected chi connectivity index (χ3v) is 4.87. The van der Waals surface area contributed by atoms with E-state index in [1.54, 1.807) is 0 Å². The van der Waals surface area contributed by atoms with Gasteiger partial charge >= 0.3 is 0 Å². The monoisotopic (exact) mass is 366 g/mol. The summed E-state index contributed by atoms with van der Waals surface area (Å²) in [6.07, 6.45) is 4.97. The highest BCUT2D eigenvalue weighted by atomic mass is 79.9. The van der Waals surface area contributed by atoms with Gasteiger partial charge in [-0.1, -0.05) is 40.9 Å². The SMILES string of the molecule is CN(Cc1ccc(Br)cc1)c1n[nH]c(=S)n1C1CCCC1. The maximum absolute atomic E-state index is 5.42. The second-order valence-corrected chi connectivity index (χ2v) is 6.92. The number of anilines is 1. The molecular formula is C15H19BrN4S. The number of halogens is 1. The number of hydrogen-bond acceptors (Lipinski definition) is 3. The molecule has 1 fully saturated rings. The third kappa shape index (κ3) is 3.21. The van der Waals surface area contributed by atoms with Crippen LogP contribution in [-0.4, -0.2) is 21.8 Å². The molecule has 1 aliphatic carbocycles. The Morgan fingerprint density at radius 3 is 2.67 bits per heavy atom. The molecule has 21 heavy (non-hydrogen) atoms. The van der Waals surface area contributed by atoms with Gasteiger partial charge in [0.15, 0.2) is 4.77 Å². The standard InChI is InChI=1S/C15H19BrN4S/c1-19(10-11-6-8-12(16)9-7-11)14-17-18-15(21)20(14)13-4-2-3-5-13/h6-9,13H,2-5,10H2,1H3,(H,18,21). The molecule has 0 amide bonds. The summed E-state index contributed by atoms with van der Waals surface area (Å²) in [7, 11) is 2.07. The Balaban J connectivity index is 1.82. The number of aromatic amines is 1. The molecular weight excluding hydrogens is 348 g/mol. The minimum Gasteiger partial charge on any atom is -0.340 e. The molecule has 0 spiro atoms. The summed E-state index contributed by atoms with van der Waals surface area (Å²) in [5, 5.41) is 7.39. The van der Waals surface area contributed by atoms with Gasteiger partial charge in [-0.15, -0.1) is 5.10 Å². The lowest BCUT2D eigenvalue weighted by molar-refractivity contribution is 0.509. The molecule has 112 valence electrons. The topological polar surface area (TPSA) is 36.9 Å². The molecule has 0 unspecified atom stereocenters. The van der Waals surface area contributed by atoms with Crippen LogP contribution >= 0.6 is 28.1 Å². The van der Waals surface area contributed by atoms with Crippen molar-refractivity contribution in [3.63, 3.8) is 0 Å². The van der Waals surface area contributed by atoms with Crippen molar-refractivity contribution in [1.82, 2.24) is 14.8 Å². The van der Waals surface area contributed by atoms with Gasteiger partial charge in [0.05, 0.1) is 0 Å². The first kappa shape index (κ1) is 14.8. The van der Waals surface area contributed by atoms with Crippen LogP contribution < -0.4 is 4.90 Å². The van der Waals surface area contributed by atoms with Crippen molar-refractivity contribution >= 4 is 34.1 Å². The van der Waals surface area contributed by atoms with Crippen LogP contribution in [0.5, 0.6) is 0 Å². The van der Waals surface area contributed by atoms with E-state index in [0.717, 1.165) is 21.7 Å². The Hall–Kier alpha value is -1.14. The molecule has 1 heterocycles. The molecule has 1 aromatic heterocycles. The van der Waals surface area contributed by atoms with E-state index in [0.29, 0.717) is 6.04 Å². The van der Waals surface area contributed by atoms with Gasteiger partial charge in [-0.25, -0.2) is 5.10 Å². The normalized spacial score (nSPS) is 15.5. The fourth-order valence-electron chi connectivity index (χ4n) is 2.99. The average molecular weight is 367 g/mol. The van der Waals surface area contributed by atoms with Crippen LogP contribution in [0.15, 0.2) is 28.7 Å². The largest absolute Gasteiger partial charge is 0.340 e. The van der Waals surface area contributed by atoms with Gasteiger partial charge in [0, 0.05) is 24.1 Å². The number of nitrogens with zero attached hydrogens (tertiary/aromatic N) is 3. The van der Waals surface area contributed by atoms with Gasteiger partial charge in [0.2, 0.25) is 5.95 Å². The van der Waals surface area contributed by atoms with E-state index < -0.39 is 0 Å². The van der Waals surface area contributed by atoms with Crippen molar-refractivity contribution in [3.8, 4) is 0 Å². The zero-order valence-corrected chi connectivity index (χ0v) is 14.5. The maximum atomic E-state index is 5.42. The molecule has 0 atom stereocenters. The average Bonchev–Trinajstić information content (AvgIpc) is 3.10. The molecule has 1 N–H and O–H groups in total. The van der Waals surface area contributed by atoms with Crippen molar-refractivity contribution < 1.29 is 0 Å². The number of H-pyrrole nitrogens is 1. The van der Waals surface area contributed by atoms with Crippen LogP contribution in [0.1, 0.15) is 37.3 Å². The summed E-state index contributed by atoms with van der Waals surface area (Å²) in [5.74, 6) is 0.940. The molecule has 0 bridgehead atoms. The first-order valence-corrected chi connectivity index (χ1v) is 8.48. The lowest BCUT2D eigenvalue weighted by Gasteiger charge is -2.22. The summed E-state index contributed by atoms with van der Waals surface area (Å²) in [6.45, 7) is 0.819. The van der Waals surface area contributed by atoms with Crippen LogP contribution in [0.25, 0.3) is 0 Å². The minimum absolute atomic E-state index is 0.499. The van der Waals surface area contributed by atoms with Gasteiger partial charge in [0.25, 0.3) is 0 Å². The molecule has 1 saturated carbocycles. The summed E-state index contributed by atoms with van der Waals surface area (Å²) >= 11 is 8.89. The molecule has 0 saturated heterocycles. The zero-order valence-electron chi connectivity index (χ0n) is 12.1. The van der Waals surface area contributed by atoms with Gasteiger partial charge in [-0.05, 0) is 42.8 Å². The van der Waals surface area contributed by atoms with Crippen LogP contribution in [0, 0.1) is 4.77 Å². The Morgan fingerprint density at radius 2 is 2.00 bits per heavy atom. The van der Waals surface area contributed by atoms with Gasteiger partial charge in [-0.3, -0.25) is 4.57 Å². The minimum atomic E-state index is 0.499. The lowest BCUT2D eigenvalue weighted by Crippen LogP contribution is -2.22. The van der Waals surface area contributed by atoms with Crippen molar-refractivity contribution in [1.29, 1.82) is 0 Å². The molecule has 1 aromatic carbocycles.